The fraction of sp³-hybridized carbons (Fsp3) is 0.308. The van der Waals surface area contributed by atoms with Crippen molar-refractivity contribution in [3.63, 3.8) is 0 Å². The van der Waals surface area contributed by atoms with E-state index < -0.39 is 10.8 Å². The van der Waals surface area contributed by atoms with Gasteiger partial charge in [0.05, 0.1) is 23.6 Å². The van der Waals surface area contributed by atoms with Gasteiger partial charge in [0.2, 0.25) is 0 Å². The Hall–Kier alpha value is -1.82. The smallest absolute Gasteiger partial charge is 0.162 e. The van der Waals surface area contributed by atoms with Gasteiger partial charge >= 0.3 is 0 Å². The molecule has 0 aliphatic carbocycles. The van der Waals surface area contributed by atoms with Crippen LogP contribution < -0.4 is 10.5 Å². The summed E-state index contributed by atoms with van der Waals surface area (Å²) in [6, 6.07) is 7.53. The highest BCUT2D eigenvalue weighted by Gasteiger charge is 2.20. The van der Waals surface area contributed by atoms with Crippen LogP contribution in [-0.2, 0) is 17.8 Å². The van der Waals surface area contributed by atoms with E-state index in [4.69, 9.17) is 10.5 Å². The average molecular weight is 279 g/mol. The van der Waals surface area contributed by atoms with Gasteiger partial charge in [-0.05, 0) is 24.3 Å². The number of nitrogen functional groups attached to an aromatic ring is 1. The first-order chi connectivity index (χ1) is 9.08. The summed E-state index contributed by atoms with van der Waals surface area (Å²) in [5.74, 6) is 1.62. The Morgan fingerprint density at radius 1 is 1.37 bits per heavy atom. The van der Waals surface area contributed by atoms with Crippen molar-refractivity contribution in [1.82, 2.24) is 9.78 Å². The molecule has 1 aromatic heterocycles. The van der Waals surface area contributed by atoms with Crippen LogP contribution in [0.15, 0.2) is 29.2 Å². The van der Waals surface area contributed by atoms with Crippen LogP contribution in [0.4, 0.5) is 5.82 Å². The summed E-state index contributed by atoms with van der Waals surface area (Å²) in [7, 11) is 2.28. The van der Waals surface area contributed by atoms with E-state index in [9.17, 15) is 4.21 Å². The van der Waals surface area contributed by atoms with Gasteiger partial charge in [-0.25, -0.2) is 0 Å². The van der Waals surface area contributed by atoms with Crippen molar-refractivity contribution in [2.75, 3.05) is 18.6 Å². The third-order valence-electron chi connectivity index (χ3n) is 2.88. The Labute approximate surface area is 114 Å². The van der Waals surface area contributed by atoms with E-state index in [1.165, 1.54) is 0 Å². The molecular weight excluding hydrogens is 262 g/mol. The largest absolute Gasteiger partial charge is 0.497 e. The molecule has 1 atom stereocenters. The molecule has 0 aliphatic rings. The number of benzene rings is 1. The van der Waals surface area contributed by atoms with Gasteiger partial charge < -0.3 is 10.5 Å². The number of aromatic nitrogens is 2. The van der Waals surface area contributed by atoms with Gasteiger partial charge in [-0.1, -0.05) is 6.92 Å². The summed E-state index contributed by atoms with van der Waals surface area (Å²) in [5.41, 5.74) is 7.58. The van der Waals surface area contributed by atoms with Crippen molar-refractivity contribution < 1.29 is 8.95 Å². The third kappa shape index (κ3) is 2.49. The van der Waals surface area contributed by atoms with Crippen LogP contribution in [0.1, 0.15) is 6.92 Å². The number of rotatable bonds is 4. The number of hydrogen-bond donors (Lipinski definition) is 1. The number of aryl methyl sites for hydroxylation is 1. The van der Waals surface area contributed by atoms with Gasteiger partial charge in [-0.3, -0.25) is 8.89 Å². The van der Waals surface area contributed by atoms with Gasteiger partial charge in [0.15, 0.2) is 5.82 Å². The number of hydrogen-bond acceptors (Lipinski definition) is 4. The molecule has 0 spiro atoms. The summed E-state index contributed by atoms with van der Waals surface area (Å²) in [5, 5.41) is 4.17. The molecule has 6 heteroatoms. The highest BCUT2D eigenvalue weighted by molar-refractivity contribution is 7.85. The zero-order valence-electron chi connectivity index (χ0n) is 11.2. The molecule has 102 valence electrons. The first-order valence-electron chi connectivity index (χ1n) is 5.93. The third-order valence-corrected chi connectivity index (χ3v) is 4.26. The molecule has 2 N–H and O–H groups in total. The highest BCUT2D eigenvalue weighted by atomic mass is 32.2. The Bertz CT molecular complexity index is 605. The highest BCUT2D eigenvalue weighted by Crippen LogP contribution is 2.31. The monoisotopic (exact) mass is 279 g/mol. The Morgan fingerprint density at radius 3 is 2.53 bits per heavy atom. The van der Waals surface area contributed by atoms with Crippen LogP contribution in [0.3, 0.4) is 0 Å². The molecule has 0 aliphatic heterocycles. The molecule has 2 aromatic rings. The Kier molecular flexibility index (Phi) is 3.90. The summed E-state index contributed by atoms with van der Waals surface area (Å²) < 4.78 is 18.9. The Morgan fingerprint density at radius 2 is 2.00 bits per heavy atom. The van der Waals surface area contributed by atoms with Crippen LogP contribution in [0.2, 0.25) is 0 Å². The van der Waals surface area contributed by atoms with Gasteiger partial charge in [0, 0.05) is 18.4 Å². The van der Waals surface area contributed by atoms with Gasteiger partial charge in [-0.15, -0.1) is 0 Å². The fourth-order valence-corrected chi connectivity index (χ4v) is 2.99. The van der Waals surface area contributed by atoms with E-state index in [0.29, 0.717) is 16.5 Å². The summed E-state index contributed by atoms with van der Waals surface area (Å²) in [4.78, 5) is 0.607. The molecule has 0 bridgehead atoms. The van der Waals surface area contributed by atoms with Crippen molar-refractivity contribution in [2.45, 2.75) is 11.8 Å². The van der Waals surface area contributed by atoms with E-state index in [-0.39, 0.29) is 0 Å². The number of nitrogens with two attached hydrogens (primary N) is 1. The molecule has 1 unspecified atom stereocenters. The lowest BCUT2D eigenvalue weighted by molar-refractivity contribution is 0.415. The maximum Gasteiger partial charge on any atom is 0.162 e. The summed E-state index contributed by atoms with van der Waals surface area (Å²) in [6.45, 7) is 1.86. The minimum atomic E-state index is -1.14. The molecule has 0 saturated heterocycles. The maximum atomic E-state index is 12.1. The van der Waals surface area contributed by atoms with Crippen LogP contribution >= 0.6 is 0 Å². The van der Waals surface area contributed by atoms with Crippen molar-refractivity contribution >= 4 is 16.6 Å². The predicted octanol–water partition coefficient (Wildman–Crippen LogP) is 1.81. The van der Waals surface area contributed by atoms with E-state index in [1.54, 1.807) is 18.8 Å². The van der Waals surface area contributed by atoms with E-state index in [2.05, 4.69) is 5.10 Å². The number of nitrogens with zero attached hydrogens (tertiary/aromatic N) is 2. The van der Waals surface area contributed by atoms with Crippen molar-refractivity contribution in [3.8, 4) is 17.0 Å². The van der Waals surface area contributed by atoms with Crippen LogP contribution in [0, 0.1) is 0 Å². The van der Waals surface area contributed by atoms with Gasteiger partial charge in [-0.2, -0.15) is 5.10 Å². The van der Waals surface area contributed by atoms with Crippen molar-refractivity contribution in [2.24, 2.45) is 7.05 Å². The molecule has 0 radical (unpaired) electrons. The molecule has 1 heterocycles. The topological polar surface area (TPSA) is 70.1 Å². The normalized spacial score (nSPS) is 12.4. The number of anilines is 1. The minimum absolute atomic E-state index is 0.327. The van der Waals surface area contributed by atoms with Gasteiger partial charge in [0.1, 0.15) is 10.6 Å². The quantitative estimate of drug-likeness (QED) is 0.926. The van der Waals surface area contributed by atoms with Crippen LogP contribution in [0.25, 0.3) is 11.3 Å². The zero-order chi connectivity index (χ0) is 14.0. The lowest BCUT2D eigenvalue weighted by Crippen LogP contribution is -2.00. The molecule has 0 saturated carbocycles. The summed E-state index contributed by atoms with van der Waals surface area (Å²) in [6.07, 6.45) is 0. The first-order valence-corrected chi connectivity index (χ1v) is 7.25. The van der Waals surface area contributed by atoms with Crippen molar-refractivity contribution in [1.29, 1.82) is 0 Å². The molecule has 0 amide bonds. The molecule has 0 fully saturated rings. The van der Waals surface area contributed by atoms with Crippen LogP contribution in [-0.4, -0.2) is 26.9 Å². The lowest BCUT2D eigenvalue weighted by atomic mass is 10.1. The first kappa shape index (κ1) is 13.6. The standard InChI is InChI=1S/C13H17N3O2S/c1-4-19(17)12-11(16(2)15-13(12)14)9-5-7-10(18-3)8-6-9/h5-8H,4H2,1-3H3,(H2,14,15). The molecule has 2 rings (SSSR count). The Balaban J connectivity index is 2.57. The minimum Gasteiger partial charge on any atom is -0.497 e. The second kappa shape index (κ2) is 5.44. The van der Waals surface area contributed by atoms with Gasteiger partial charge in [0.25, 0.3) is 0 Å². The van der Waals surface area contributed by atoms with E-state index in [0.717, 1.165) is 17.0 Å². The predicted molar refractivity (Wildman–Crippen MR) is 76.6 cm³/mol. The van der Waals surface area contributed by atoms with Crippen molar-refractivity contribution in [3.05, 3.63) is 24.3 Å². The number of methoxy groups -OCH3 is 1. The lowest BCUT2D eigenvalue weighted by Gasteiger charge is -2.07. The molecular formula is C13H17N3O2S. The maximum absolute atomic E-state index is 12.1. The molecule has 19 heavy (non-hydrogen) atoms. The second-order valence-electron chi connectivity index (χ2n) is 4.05. The second-order valence-corrected chi connectivity index (χ2v) is 5.73. The number of ether oxygens (including phenoxy) is 1. The zero-order valence-corrected chi connectivity index (χ0v) is 12.0. The fourth-order valence-electron chi connectivity index (χ4n) is 1.96. The average Bonchev–Trinajstić information content (AvgIpc) is 2.72. The van der Waals surface area contributed by atoms with E-state index >= 15 is 0 Å². The van der Waals surface area contributed by atoms with E-state index in [1.807, 2.05) is 31.2 Å². The molecule has 1 aromatic carbocycles. The molecule has 5 nitrogen and oxygen atoms in total. The summed E-state index contributed by atoms with van der Waals surface area (Å²) >= 11 is 0. The van der Waals surface area contributed by atoms with Crippen LogP contribution in [0.5, 0.6) is 5.75 Å². The SMILES string of the molecule is CCS(=O)c1c(N)nn(C)c1-c1ccc(OC)cc1.